The zero-order valence-electron chi connectivity index (χ0n) is 8.25. The second-order valence-corrected chi connectivity index (χ2v) is 3.95. The number of thioether (sulfide) groups is 1. The monoisotopic (exact) mass is 235 g/mol. The fourth-order valence-corrected chi connectivity index (χ4v) is 1.77. The van der Waals surface area contributed by atoms with E-state index >= 15 is 0 Å². The fraction of sp³-hybridized carbons (Fsp3) is 0.111. The van der Waals surface area contributed by atoms with Gasteiger partial charge in [-0.3, -0.25) is 10.1 Å². The van der Waals surface area contributed by atoms with Crippen LogP contribution in [-0.2, 0) is 4.79 Å². The van der Waals surface area contributed by atoms with Crippen molar-refractivity contribution < 1.29 is 4.79 Å². The average molecular weight is 235 g/mol. The van der Waals surface area contributed by atoms with E-state index in [1.165, 1.54) is 11.8 Å². The molecule has 0 saturated heterocycles. The topological polar surface area (TPSA) is 83.6 Å². The lowest BCUT2D eigenvalue weighted by molar-refractivity contribution is -0.113. The van der Waals surface area contributed by atoms with Crippen LogP contribution in [0.5, 0.6) is 0 Å². The van der Waals surface area contributed by atoms with Gasteiger partial charge in [0.1, 0.15) is 0 Å². The largest absolute Gasteiger partial charge is 0.293 e. The zero-order valence-corrected chi connectivity index (χ0v) is 9.07. The Labute approximate surface area is 95.8 Å². The molecule has 1 amide bonds. The Kier molecular flexibility index (Phi) is 3.50. The van der Waals surface area contributed by atoms with E-state index in [0.717, 1.165) is 4.90 Å². The van der Waals surface area contributed by atoms with Gasteiger partial charge >= 0.3 is 0 Å². The molecule has 1 heterocycles. The van der Waals surface area contributed by atoms with Crippen molar-refractivity contribution in [2.45, 2.75) is 4.90 Å². The molecule has 6 nitrogen and oxygen atoms in total. The molecule has 0 radical (unpaired) electrons. The average Bonchev–Trinajstić information content (AvgIpc) is 2.81. The first-order chi connectivity index (χ1) is 7.84. The van der Waals surface area contributed by atoms with E-state index in [1.807, 2.05) is 30.3 Å². The number of nitrogens with zero attached hydrogens (tertiary/aromatic N) is 3. The second-order valence-electron chi connectivity index (χ2n) is 2.90. The summed E-state index contributed by atoms with van der Waals surface area (Å²) in [5.74, 6) is 0.441. The first-order valence-electron chi connectivity index (χ1n) is 4.56. The normalized spacial score (nSPS) is 10.0. The number of rotatable bonds is 4. The summed E-state index contributed by atoms with van der Waals surface area (Å²) in [4.78, 5) is 12.5. The molecular weight excluding hydrogens is 226 g/mol. The number of amides is 1. The second kappa shape index (κ2) is 5.26. The van der Waals surface area contributed by atoms with Crippen LogP contribution in [-0.4, -0.2) is 32.3 Å². The third-order valence-corrected chi connectivity index (χ3v) is 2.73. The molecule has 2 N–H and O–H groups in total. The smallest absolute Gasteiger partial charge is 0.246 e. The molecule has 0 aliphatic carbocycles. The van der Waals surface area contributed by atoms with Crippen LogP contribution in [0.25, 0.3) is 0 Å². The van der Waals surface area contributed by atoms with Crippen molar-refractivity contribution in [2.24, 2.45) is 0 Å². The molecule has 0 fully saturated rings. The molecule has 0 atom stereocenters. The van der Waals surface area contributed by atoms with Gasteiger partial charge in [0.15, 0.2) is 0 Å². The third-order valence-electron chi connectivity index (χ3n) is 1.72. The molecule has 82 valence electrons. The van der Waals surface area contributed by atoms with Crippen molar-refractivity contribution in [3.63, 3.8) is 0 Å². The van der Waals surface area contributed by atoms with E-state index in [-0.39, 0.29) is 11.9 Å². The Bertz CT molecular complexity index is 444. The minimum atomic E-state index is -0.146. The summed E-state index contributed by atoms with van der Waals surface area (Å²) >= 11 is 1.46. The van der Waals surface area contributed by atoms with Crippen molar-refractivity contribution in [3.8, 4) is 0 Å². The highest BCUT2D eigenvalue weighted by molar-refractivity contribution is 8.00. The first kappa shape index (κ1) is 10.6. The number of tetrazole rings is 1. The summed E-state index contributed by atoms with van der Waals surface area (Å²) in [5.41, 5.74) is 0. The molecule has 0 aliphatic rings. The molecule has 7 heteroatoms. The highest BCUT2D eigenvalue weighted by Crippen LogP contribution is 2.16. The first-order valence-corrected chi connectivity index (χ1v) is 5.54. The van der Waals surface area contributed by atoms with Crippen LogP contribution in [0.15, 0.2) is 35.2 Å². The van der Waals surface area contributed by atoms with Gasteiger partial charge in [0, 0.05) is 4.90 Å². The SMILES string of the molecule is O=C(CSc1ccccc1)Nc1nnn[nH]1. The molecule has 16 heavy (non-hydrogen) atoms. The van der Waals surface area contributed by atoms with Crippen LogP contribution < -0.4 is 5.32 Å². The molecule has 1 aromatic heterocycles. The van der Waals surface area contributed by atoms with Gasteiger partial charge in [-0.1, -0.05) is 23.3 Å². The Hall–Kier alpha value is -1.89. The van der Waals surface area contributed by atoms with E-state index < -0.39 is 0 Å². The maximum Gasteiger partial charge on any atom is 0.246 e. The highest BCUT2D eigenvalue weighted by atomic mass is 32.2. The van der Waals surface area contributed by atoms with Gasteiger partial charge in [0.05, 0.1) is 5.75 Å². The molecular formula is C9H9N5OS. The number of anilines is 1. The van der Waals surface area contributed by atoms with Gasteiger partial charge in [-0.05, 0) is 22.6 Å². The predicted octanol–water partition coefficient (Wildman–Crippen LogP) is 0.930. The lowest BCUT2D eigenvalue weighted by atomic mass is 10.4. The van der Waals surface area contributed by atoms with E-state index in [9.17, 15) is 4.79 Å². The molecule has 1 aromatic carbocycles. The van der Waals surface area contributed by atoms with Crippen molar-refractivity contribution in [3.05, 3.63) is 30.3 Å². The van der Waals surface area contributed by atoms with Crippen molar-refractivity contribution in [2.75, 3.05) is 11.1 Å². The molecule has 0 aliphatic heterocycles. The summed E-state index contributed by atoms with van der Waals surface area (Å²) < 4.78 is 0. The highest BCUT2D eigenvalue weighted by Gasteiger charge is 2.05. The quantitative estimate of drug-likeness (QED) is 0.770. The lowest BCUT2D eigenvalue weighted by Crippen LogP contribution is -2.15. The van der Waals surface area contributed by atoms with E-state index in [1.54, 1.807) is 0 Å². The van der Waals surface area contributed by atoms with E-state index in [4.69, 9.17) is 0 Å². The number of carbonyl (C=O) groups is 1. The number of aromatic nitrogens is 4. The number of hydrogen-bond acceptors (Lipinski definition) is 5. The number of carbonyl (C=O) groups excluding carboxylic acids is 1. The van der Waals surface area contributed by atoms with E-state index in [0.29, 0.717) is 5.75 Å². The fourth-order valence-electron chi connectivity index (χ4n) is 1.05. The van der Waals surface area contributed by atoms with E-state index in [2.05, 4.69) is 25.9 Å². The molecule has 0 spiro atoms. The predicted molar refractivity (Wildman–Crippen MR) is 60.0 cm³/mol. The van der Waals surface area contributed by atoms with Crippen molar-refractivity contribution >= 4 is 23.6 Å². The summed E-state index contributed by atoms with van der Waals surface area (Å²) in [6, 6.07) is 9.70. The maximum absolute atomic E-state index is 11.4. The third kappa shape index (κ3) is 3.06. The summed E-state index contributed by atoms with van der Waals surface area (Å²) in [6.45, 7) is 0. The van der Waals surface area contributed by atoms with Crippen LogP contribution in [0, 0.1) is 0 Å². The number of H-pyrrole nitrogens is 1. The minimum absolute atomic E-state index is 0.146. The molecule has 0 unspecified atom stereocenters. The van der Waals surface area contributed by atoms with Crippen LogP contribution in [0.2, 0.25) is 0 Å². The number of hydrogen-bond donors (Lipinski definition) is 2. The van der Waals surface area contributed by atoms with Gasteiger partial charge in [-0.25, -0.2) is 5.10 Å². The van der Waals surface area contributed by atoms with Gasteiger partial charge in [-0.2, -0.15) is 0 Å². The minimum Gasteiger partial charge on any atom is -0.293 e. The Balaban J connectivity index is 1.80. The van der Waals surface area contributed by atoms with Gasteiger partial charge < -0.3 is 0 Å². The van der Waals surface area contributed by atoms with Crippen LogP contribution in [0.3, 0.4) is 0 Å². The van der Waals surface area contributed by atoms with Gasteiger partial charge in [0.25, 0.3) is 0 Å². The van der Waals surface area contributed by atoms with Crippen LogP contribution in [0.1, 0.15) is 0 Å². The van der Waals surface area contributed by atoms with Crippen molar-refractivity contribution in [1.82, 2.24) is 20.6 Å². The van der Waals surface area contributed by atoms with Gasteiger partial charge in [-0.15, -0.1) is 11.8 Å². The molecule has 0 bridgehead atoms. The van der Waals surface area contributed by atoms with Crippen LogP contribution >= 0.6 is 11.8 Å². The number of nitrogens with one attached hydrogen (secondary N) is 2. The van der Waals surface area contributed by atoms with Crippen molar-refractivity contribution in [1.29, 1.82) is 0 Å². The standard InChI is InChI=1S/C9H9N5OS/c15-8(10-9-11-13-14-12-9)6-16-7-4-2-1-3-5-7/h1-5H,6H2,(H2,10,11,12,13,14,15). The molecule has 0 saturated carbocycles. The zero-order chi connectivity index (χ0) is 11.2. The summed E-state index contributed by atoms with van der Waals surface area (Å²) in [5, 5.41) is 15.2. The summed E-state index contributed by atoms with van der Waals surface area (Å²) in [6.07, 6.45) is 0. The lowest BCUT2D eigenvalue weighted by Gasteiger charge is -2.00. The molecule has 2 rings (SSSR count). The number of aromatic amines is 1. The number of benzene rings is 1. The van der Waals surface area contributed by atoms with Crippen LogP contribution in [0.4, 0.5) is 5.95 Å². The Morgan fingerprint density at radius 1 is 1.38 bits per heavy atom. The Morgan fingerprint density at radius 2 is 2.19 bits per heavy atom. The Morgan fingerprint density at radius 3 is 2.88 bits per heavy atom. The van der Waals surface area contributed by atoms with Gasteiger partial charge in [0.2, 0.25) is 11.9 Å². The molecule has 2 aromatic rings. The summed E-state index contributed by atoms with van der Waals surface area (Å²) in [7, 11) is 0. The maximum atomic E-state index is 11.4.